The number of carbonyl (C=O) groups is 1. The molecule has 5 heteroatoms. The fourth-order valence-electron chi connectivity index (χ4n) is 2.31. The molecule has 0 radical (unpaired) electrons. The second-order valence-electron chi connectivity index (χ2n) is 5.13. The highest BCUT2D eigenvalue weighted by Gasteiger charge is 2.20. The van der Waals surface area contributed by atoms with Gasteiger partial charge in [0.2, 0.25) is 5.91 Å². The van der Waals surface area contributed by atoms with E-state index in [1.54, 1.807) is 0 Å². The van der Waals surface area contributed by atoms with Crippen molar-refractivity contribution in [3.05, 3.63) is 24.3 Å². The third-order valence-corrected chi connectivity index (χ3v) is 3.43. The van der Waals surface area contributed by atoms with Crippen LogP contribution in [0.15, 0.2) is 24.3 Å². The topological polar surface area (TPSA) is 74.1 Å². The molecule has 1 aliphatic heterocycles. The fraction of sp³-hybridized carbons (Fsp3) is 0.500. The molecule has 1 aromatic carbocycles. The van der Waals surface area contributed by atoms with Gasteiger partial charge in [-0.1, -0.05) is 12.5 Å². The Balaban J connectivity index is 1.85. The molecule has 1 aromatic rings. The number of nitrogens with one attached hydrogen (secondary N) is 2. The Kier molecular flexibility index (Phi) is 6.04. The first-order chi connectivity index (χ1) is 10.3. The zero-order chi connectivity index (χ0) is 14.9. The van der Waals surface area contributed by atoms with Gasteiger partial charge in [-0.05, 0) is 37.9 Å². The van der Waals surface area contributed by atoms with Crippen molar-refractivity contribution in [1.29, 1.82) is 5.26 Å². The van der Waals surface area contributed by atoms with Crippen molar-refractivity contribution >= 4 is 11.6 Å². The van der Waals surface area contributed by atoms with Crippen molar-refractivity contribution in [3.63, 3.8) is 0 Å². The smallest absolute Gasteiger partial charge is 0.241 e. The lowest BCUT2D eigenvalue weighted by Gasteiger charge is -2.22. The number of piperidine rings is 1. The highest BCUT2D eigenvalue weighted by molar-refractivity contribution is 5.95. The number of unbranched alkanes of at least 4 members (excludes halogenated alkanes) is 1. The summed E-state index contributed by atoms with van der Waals surface area (Å²) < 4.78 is 5.56. The minimum Gasteiger partial charge on any atom is -0.493 e. The molecule has 2 N–H and O–H groups in total. The Labute approximate surface area is 125 Å². The van der Waals surface area contributed by atoms with Crippen molar-refractivity contribution in [2.24, 2.45) is 0 Å². The molecule has 0 saturated carbocycles. The molecule has 0 unspecified atom stereocenters. The van der Waals surface area contributed by atoms with Gasteiger partial charge in [0.05, 0.1) is 18.7 Å². The number of rotatable bonds is 6. The molecule has 0 bridgehead atoms. The first-order valence-corrected chi connectivity index (χ1v) is 7.43. The molecule has 1 fully saturated rings. The van der Waals surface area contributed by atoms with Gasteiger partial charge < -0.3 is 15.4 Å². The summed E-state index contributed by atoms with van der Waals surface area (Å²) in [5.41, 5.74) is 0.741. The Morgan fingerprint density at radius 2 is 2.38 bits per heavy atom. The average Bonchev–Trinajstić information content (AvgIpc) is 2.53. The number of benzene rings is 1. The van der Waals surface area contributed by atoms with Gasteiger partial charge in [-0.15, -0.1) is 0 Å². The number of hydrogen-bond donors (Lipinski definition) is 2. The van der Waals surface area contributed by atoms with Crippen molar-refractivity contribution in [2.45, 2.75) is 38.1 Å². The van der Waals surface area contributed by atoms with Crippen molar-refractivity contribution in [1.82, 2.24) is 5.32 Å². The predicted molar refractivity (Wildman–Crippen MR) is 81.1 cm³/mol. The molecule has 0 spiro atoms. The molecule has 0 aromatic heterocycles. The first kappa shape index (κ1) is 15.3. The predicted octanol–water partition coefficient (Wildman–Crippen LogP) is 2.45. The highest BCUT2D eigenvalue weighted by Crippen LogP contribution is 2.18. The van der Waals surface area contributed by atoms with E-state index in [9.17, 15) is 4.79 Å². The summed E-state index contributed by atoms with van der Waals surface area (Å²) in [6.07, 6.45) is 4.31. The monoisotopic (exact) mass is 287 g/mol. The van der Waals surface area contributed by atoms with Crippen LogP contribution in [0.2, 0.25) is 0 Å². The zero-order valence-corrected chi connectivity index (χ0v) is 12.1. The van der Waals surface area contributed by atoms with Crippen LogP contribution in [-0.4, -0.2) is 25.1 Å². The Morgan fingerprint density at radius 3 is 3.14 bits per heavy atom. The van der Waals surface area contributed by atoms with Gasteiger partial charge in [-0.2, -0.15) is 5.26 Å². The van der Waals surface area contributed by atoms with Crippen LogP contribution in [0, 0.1) is 11.3 Å². The number of anilines is 1. The van der Waals surface area contributed by atoms with E-state index >= 15 is 0 Å². The number of nitriles is 1. The van der Waals surface area contributed by atoms with Crippen molar-refractivity contribution in [3.8, 4) is 11.8 Å². The van der Waals surface area contributed by atoms with Crippen LogP contribution in [0.4, 0.5) is 5.69 Å². The van der Waals surface area contributed by atoms with E-state index in [0.29, 0.717) is 25.2 Å². The Hall–Kier alpha value is -2.06. The summed E-state index contributed by atoms with van der Waals surface area (Å²) in [4.78, 5) is 12.1. The lowest BCUT2D eigenvalue weighted by atomic mass is 10.0. The molecular weight excluding hydrogens is 266 g/mol. The largest absolute Gasteiger partial charge is 0.493 e. The van der Waals surface area contributed by atoms with Crippen LogP contribution < -0.4 is 15.4 Å². The van der Waals surface area contributed by atoms with Crippen LogP contribution in [-0.2, 0) is 4.79 Å². The van der Waals surface area contributed by atoms with Gasteiger partial charge in [-0.3, -0.25) is 4.79 Å². The summed E-state index contributed by atoms with van der Waals surface area (Å²) in [5, 5.41) is 14.6. The quantitative estimate of drug-likeness (QED) is 0.788. The number of nitrogens with zero attached hydrogens (tertiary/aromatic N) is 1. The standard InChI is InChI=1S/C16H21N3O2/c17-9-2-4-11-21-14-7-5-6-13(12-14)19-16(20)15-8-1-3-10-18-15/h5-7,12,15,18H,1-4,8,10-11H2,(H,19,20)/t15-/m0/s1. The summed E-state index contributed by atoms with van der Waals surface area (Å²) in [7, 11) is 0. The fourth-order valence-corrected chi connectivity index (χ4v) is 2.31. The van der Waals surface area contributed by atoms with E-state index in [4.69, 9.17) is 10.00 Å². The van der Waals surface area contributed by atoms with E-state index in [0.717, 1.165) is 31.5 Å². The lowest BCUT2D eigenvalue weighted by molar-refractivity contribution is -0.118. The van der Waals surface area contributed by atoms with E-state index < -0.39 is 0 Å². The Morgan fingerprint density at radius 1 is 1.48 bits per heavy atom. The van der Waals surface area contributed by atoms with Crippen molar-refractivity contribution < 1.29 is 9.53 Å². The molecule has 1 amide bonds. The van der Waals surface area contributed by atoms with Gasteiger partial charge in [-0.25, -0.2) is 0 Å². The van der Waals surface area contributed by atoms with Crippen LogP contribution in [0.3, 0.4) is 0 Å². The number of ether oxygens (including phenoxy) is 1. The summed E-state index contributed by atoms with van der Waals surface area (Å²) in [6, 6.07) is 9.35. The van der Waals surface area contributed by atoms with Crippen LogP contribution >= 0.6 is 0 Å². The minimum atomic E-state index is -0.0982. The molecule has 0 aliphatic carbocycles. The summed E-state index contributed by atoms with van der Waals surface area (Å²) >= 11 is 0. The second kappa shape index (κ2) is 8.28. The molecular formula is C16H21N3O2. The minimum absolute atomic E-state index is 0.0105. The van der Waals surface area contributed by atoms with E-state index in [2.05, 4.69) is 16.7 Å². The van der Waals surface area contributed by atoms with E-state index in [1.165, 1.54) is 0 Å². The third kappa shape index (κ3) is 5.09. The maximum absolute atomic E-state index is 12.1. The van der Waals surface area contributed by atoms with Crippen LogP contribution in [0.1, 0.15) is 32.1 Å². The lowest BCUT2D eigenvalue weighted by Crippen LogP contribution is -2.43. The van der Waals surface area contributed by atoms with Crippen molar-refractivity contribution in [2.75, 3.05) is 18.5 Å². The van der Waals surface area contributed by atoms with E-state index in [1.807, 2.05) is 24.3 Å². The molecule has 1 heterocycles. The first-order valence-electron chi connectivity index (χ1n) is 7.43. The molecule has 1 aliphatic rings. The van der Waals surface area contributed by atoms with Crippen LogP contribution in [0.5, 0.6) is 5.75 Å². The summed E-state index contributed by atoms with van der Waals surface area (Å²) in [5.74, 6) is 0.721. The van der Waals surface area contributed by atoms with E-state index in [-0.39, 0.29) is 11.9 Å². The third-order valence-electron chi connectivity index (χ3n) is 3.43. The highest BCUT2D eigenvalue weighted by atomic mass is 16.5. The van der Waals surface area contributed by atoms with Gasteiger partial charge in [0.1, 0.15) is 5.75 Å². The maximum Gasteiger partial charge on any atom is 0.241 e. The molecule has 2 rings (SSSR count). The number of hydrogen-bond acceptors (Lipinski definition) is 4. The number of carbonyl (C=O) groups excluding carboxylic acids is 1. The van der Waals surface area contributed by atoms with Crippen LogP contribution in [0.25, 0.3) is 0 Å². The SMILES string of the molecule is N#CCCCOc1cccc(NC(=O)[C@@H]2CCCCN2)c1. The molecule has 1 saturated heterocycles. The zero-order valence-electron chi connectivity index (χ0n) is 12.1. The van der Waals surface area contributed by atoms with Gasteiger partial charge in [0.25, 0.3) is 0 Å². The second-order valence-corrected chi connectivity index (χ2v) is 5.13. The van der Waals surface area contributed by atoms with Gasteiger partial charge in [0, 0.05) is 18.2 Å². The molecule has 1 atom stereocenters. The normalized spacial score (nSPS) is 17.8. The summed E-state index contributed by atoms with van der Waals surface area (Å²) in [6.45, 7) is 1.41. The molecule has 5 nitrogen and oxygen atoms in total. The number of amides is 1. The van der Waals surface area contributed by atoms with Gasteiger partial charge >= 0.3 is 0 Å². The average molecular weight is 287 g/mol. The maximum atomic E-state index is 12.1. The Bertz CT molecular complexity index is 504. The molecule has 21 heavy (non-hydrogen) atoms. The molecule has 112 valence electrons. The van der Waals surface area contributed by atoms with Gasteiger partial charge in [0.15, 0.2) is 0 Å².